The highest BCUT2D eigenvalue weighted by molar-refractivity contribution is 5.84. The lowest BCUT2D eigenvalue weighted by molar-refractivity contribution is -0.195. The molecule has 0 spiro atoms. The van der Waals surface area contributed by atoms with Crippen molar-refractivity contribution in [3.05, 3.63) is 0 Å². The molecular formula is C37H66F6O10. The number of alkyl halides is 6. The molecule has 0 aliphatic heterocycles. The van der Waals surface area contributed by atoms with E-state index in [2.05, 4.69) is 9.47 Å². The summed E-state index contributed by atoms with van der Waals surface area (Å²) >= 11 is 0. The number of esters is 5. The molecule has 16 heteroatoms. The first kappa shape index (κ1) is 56.7. The van der Waals surface area contributed by atoms with Crippen LogP contribution in [0, 0.1) is 28.6 Å². The van der Waals surface area contributed by atoms with Gasteiger partial charge < -0.3 is 23.7 Å². The van der Waals surface area contributed by atoms with Crippen LogP contribution >= 0.6 is 0 Å². The summed E-state index contributed by atoms with van der Waals surface area (Å²) in [7, 11) is 0. The van der Waals surface area contributed by atoms with Crippen LogP contribution in [0.2, 0.25) is 0 Å². The normalized spacial score (nSPS) is 19.1. The number of carbonyl (C=O) groups is 5. The van der Waals surface area contributed by atoms with Gasteiger partial charge in [0.2, 0.25) is 0 Å². The van der Waals surface area contributed by atoms with Gasteiger partial charge in [0, 0.05) is 0 Å². The summed E-state index contributed by atoms with van der Waals surface area (Å²) in [6.07, 6.45) is -3.27. The minimum Gasteiger partial charge on any atom is -0.462 e. The minimum absolute atomic E-state index is 0. The molecule has 2 rings (SSSR count). The Kier molecular flexibility index (Phi) is 26.8. The first-order valence-electron chi connectivity index (χ1n) is 16.5. The van der Waals surface area contributed by atoms with E-state index in [1.165, 1.54) is 19.3 Å². The van der Waals surface area contributed by atoms with E-state index >= 15 is 0 Å². The maximum absolute atomic E-state index is 12.6. The number of hydrogen-bond donors (Lipinski definition) is 0. The first-order valence-corrected chi connectivity index (χ1v) is 16.5. The minimum atomic E-state index is -4.82. The fourth-order valence-corrected chi connectivity index (χ4v) is 4.82. The van der Waals surface area contributed by atoms with Crippen LogP contribution in [0.4, 0.5) is 26.3 Å². The monoisotopic (exact) mass is 784 g/mol. The van der Waals surface area contributed by atoms with Crippen molar-refractivity contribution in [1.82, 2.24) is 0 Å². The Morgan fingerprint density at radius 2 is 0.981 bits per heavy atom. The molecule has 2 saturated carbocycles. The molecule has 0 radical (unpaired) electrons. The van der Waals surface area contributed by atoms with Crippen molar-refractivity contribution in [1.29, 1.82) is 0 Å². The molecule has 316 valence electrons. The molecule has 2 fully saturated rings. The molecule has 0 aromatic carbocycles. The average molecular weight is 785 g/mol. The third-order valence-electron chi connectivity index (χ3n) is 8.80. The Hall–Kier alpha value is -3.07. The first-order chi connectivity index (χ1) is 22.5. The van der Waals surface area contributed by atoms with Crippen molar-refractivity contribution in [2.75, 3.05) is 26.4 Å². The van der Waals surface area contributed by atoms with Crippen LogP contribution in [0.1, 0.15) is 135 Å². The predicted molar refractivity (Wildman–Crippen MR) is 188 cm³/mol. The van der Waals surface area contributed by atoms with Gasteiger partial charge in [0.05, 0.1) is 28.6 Å². The molecule has 2 aliphatic carbocycles. The molecule has 0 aromatic rings. The second kappa shape index (κ2) is 25.1. The number of ether oxygens (including phenoxy) is 5. The Balaban J connectivity index is -0.000000564. The zero-order valence-electron chi connectivity index (χ0n) is 29.1. The van der Waals surface area contributed by atoms with Crippen LogP contribution in [0.3, 0.4) is 0 Å². The van der Waals surface area contributed by atoms with E-state index in [1.54, 1.807) is 20.8 Å². The van der Waals surface area contributed by atoms with E-state index in [4.69, 9.17) is 14.2 Å². The Bertz CT molecular complexity index is 1100. The SMILES string of the molecule is C.C.C.C.CCC(C)(C)C(=O)OC1CCCCC1.CCC(C)(C)C(=O)OCCOC(=O)C1CC(C(=O)OCC(F)(F)F)CCC1C(=O)OCC(F)(F)F. The Morgan fingerprint density at radius 1 is 0.547 bits per heavy atom. The quantitative estimate of drug-likeness (QED) is 0.0770. The van der Waals surface area contributed by atoms with E-state index in [0.29, 0.717) is 6.42 Å². The number of carbonyl (C=O) groups excluding carboxylic acids is 5. The highest BCUT2D eigenvalue weighted by Crippen LogP contribution is 2.37. The highest BCUT2D eigenvalue weighted by Gasteiger charge is 2.45. The van der Waals surface area contributed by atoms with Gasteiger partial charge in [-0.25, -0.2) is 0 Å². The van der Waals surface area contributed by atoms with Crippen molar-refractivity contribution in [2.45, 2.75) is 154 Å². The van der Waals surface area contributed by atoms with Crippen molar-refractivity contribution in [3.63, 3.8) is 0 Å². The summed E-state index contributed by atoms with van der Waals surface area (Å²) < 4.78 is 98.1. The average Bonchev–Trinajstić information content (AvgIpc) is 3.03. The van der Waals surface area contributed by atoms with Crippen LogP contribution in [-0.2, 0) is 47.7 Å². The topological polar surface area (TPSA) is 132 Å². The fourth-order valence-electron chi connectivity index (χ4n) is 4.82. The van der Waals surface area contributed by atoms with Crippen molar-refractivity contribution < 1.29 is 74.0 Å². The number of rotatable bonds is 13. The van der Waals surface area contributed by atoms with Gasteiger partial charge in [-0.15, -0.1) is 0 Å². The summed E-state index contributed by atoms with van der Waals surface area (Å²) in [5.41, 5.74) is -1.10. The molecule has 10 nitrogen and oxygen atoms in total. The lowest BCUT2D eigenvalue weighted by atomic mass is 9.74. The standard InChI is InChI=1S/C21H28F6O8.C12H22O2.4CH4/c1-4-19(2,3)18(31)33-8-7-32-17(30)14-9-12(15(28)34-10-20(22,23)24)5-6-13(14)16(29)35-11-21(25,26)27;1-4-12(2,3)11(13)14-10-8-6-5-7-9-10;;;;/h12-14H,4-11H2,1-3H3;10H,4-9H2,1-3H3;4*1H4. The molecule has 0 N–H and O–H groups in total. The van der Waals surface area contributed by atoms with Gasteiger partial charge in [-0.3, -0.25) is 24.0 Å². The molecule has 3 unspecified atom stereocenters. The fraction of sp³-hybridized carbons (Fsp3) is 0.865. The number of hydrogen-bond acceptors (Lipinski definition) is 10. The Morgan fingerprint density at radius 3 is 1.45 bits per heavy atom. The maximum atomic E-state index is 12.6. The van der Waals surface area contributed by atoms with Gasteiger partial charge >= 0.3 is 42.2 Å². The van der Waals surface area contributed by atoms with Gasteiger partial charge in [0.25, 0.3) is 0 Å². The van der Waals surface area contributed by atoms with E-state index in [1.807, 2.05) is 20.8 Å². The van der Waals surface area contributed by atoms with Crippen LogP contribution < -0.4 is 0 Å². The second-order valence-corrected chi connectivity index (χ2v) is 13.6. The van der Waals surface area contributed by atoms with Crippen LogP contribution in [0.5, 0.6) is 0 Å². The van der Waals surface area contributed by atoms with Gasteiger partial charge in [-0.05, 0) is 85.5 Å². The zero-order chi connectivity index (χ0) is 37.6. The van der Waals surface area contributed by atoms with Crippen LogP contribution in [-0.4, -0.2) is 74.7 Å². The van der Waals surface area contributed by atoms with Crippen molar-refractivity contribution in [3.8, 4) is 0 Å². The second-order valence-electron chi connectivity index (χ2n) is 13.6. The van der Waals surface area contributed by atoms with Gasteiger partial charge in [-0.2, -0.15) is 26.3 Å². The summed E-state index contributed by atoms with van der Waals surface area (Å²) in [6.45, 7) is 6.43. The molecule has 53 heavy (non-hydrogen) atoms. The molecule has 0 bridgehead atoms. The van der Waals surface area contributed by atoms with Gasteiger partial charge in [-0.1, -0.05) is 50.0 Å². The summed E-state index contributed by atoms with van der Waals surface area (Å²) in [6, 6.07) is 0. The third-order valence-corrected chi connectivity index (χ3v) is 8.80. The smallest absolute Gasteiger partial charge is 0.422 e. The van der Waals surface area contributed by atoms with Gasteiger partial charge in [0.1, 0.15) is 19.3 Å². The molecule has 0 aromatic heterocycles. The summed E-state index contributed by atoms with van der Waals surface area (Å²) in [4.78, 5) is 60.5. The molecular weight excluding hydrogens is 718 g/mol. The summed E-state index contributed by atoms with van der Waals surface area (Å²) in [5.74, 6) is -8.42. The molecule has 2 aliphatic rings. The largest absolute Gasteiger partial charge is 0.462 e. The third kappa shape index (κ3) is 21.4. The van der Waals surface area contributed by atoms with Crippen molar-refractivity contribution in [2.24, 2.45) is 28.6 Å². The lowest BCUT2D eigenvalue weighted by Gasteiger charge is -2.32. The van der Waals surface area contributed by atoms with Crippen LogP contribution in [0.15, 0.2) is 0 Å². The van der Waals surface area contributed by atoms with Crippen LogP contribution in [0.25, 0.3) is 0 Å². The molecule has 3 atom stereocenters. The summed E-state index contributed by atoms with van der Waals surface area (Å²) in [5, 5.41) is 0. The predicted octanol–water partition coefficient (Wildman–Crippen LogP) is 9.60. The molecule has 0 amide bonds. The zero-order valence-corrected chi connectivity index (χ0v) is 29.1. The van der Waals surface area contributed by atoms with E-state index in [-0.39, 0.29) is 66.6 Å². The van der Waals surface area contributed by atoms with Crippen molar-refractivity contribution >= 4 is 29.8 Å². The lowest BCUT2D eigenvalue weighted by Crippen LogP contribution is -2.41. The van der Waals surface area contributed by atoms with E-state index in [9.17, 15) is 50.3 Å². The molecule has 0 saturated heterocycles. The highest BCUT2D eigenvalue weighted by atomic mass is 19.4. The number of halogens is 6. The van der Waals surface area contributed by atoms with Gasteiger partial charge in [0.15, 0.2) is 13.2 Å². The van der Waals surface area contributed by atoms with E-state index < -0.39 is 85.6 Å². The van der Waals surface area contributed by atoms with E-state index in [0.717, 1.165) is 19.3 Å². The molecule has 0 heterocycles. The Labute approximate surface area is 312 Å². The maximum Gasteiger partial charge on any atom is 0.422 e.